The third-order valence-electron chi connectivity index (χ3n) is 2.10. The zero-order valence-corrected chi connectivity index (χ0v) is 10.4. The topological polar surface area (TPSA) is 113 Å². The highest BCUT2D eigenvalue weighted by Crippen LogP contribution is 2.13. The number of H-pyrrole nitrogens is 1. The van der Waals surface area contributed by atoms with Crippen molar-refractivity contribution < 1.29 is 8.42 Å². The Labute approximate surface area is 104 Å². The molecule has 0 atom stereocenters. The van der Waals surface area contributed by atoms with Crippen molar-refractivity contribution in [2.45, 2.75) is 11.4 Å². The summed E-state index contributed by atoms with van der Waals surface area (Å²) < 4.78 is 26.2. The predicted octanol–water partition coefficient (Wildman–Crippen LogP) is -0.280. The highest BCUT2D eigenvalue weighted by Gasteiger charge is 2.17. The average Bonchev–Trinajstić information content (AvgIpc) is 2.80. The largest absolute Gasteiger partial charge is 0.363 e. The van der Waals surface area contributed by atoms with Crippen LogP contribution in [0.5, 0.6) is 0 Å². The zero-order chi connectivity index (χ0) is 13.0. The van der Waals surface area contributed by atoms with Crippen LogP contribution in [-0.4, -0.2) is 35.6 Å². The molecule has 0 aliphatic heterocycles. The standard InChI is InChI=1S/C9H12N6O2S/c1-10-5-7-4-8(6-12-7)18(16,17)15-9-11-2-3-13-14-9/h2-4,6,10,12H,5H2,1H3,(H,11,14,15). The van der Waals surface area contributed by atoms with E-state index in [0.29, 0.717) is 6.54 Å². The van der Waals surface area contributed by atoms with Gasteiger partial charge in [0.15, 0.2) is 0 Å². The van der Waals surface area contributed by atoms with Gasteiger partial charge < -0.3 is 10.3 Å². The summed E-state index contributed by atoms with van der Waals surface area (Å²) in [6.45, 7) is 0.554. The molecule has 2 rings (SSSR count). The van der Waals surface area contributed by atoms with Crippen molar-refractivity contribution in [2.75, 3.05) is 11.8 Å². The molecule has 3 N–H and O–H groups in total. The molecule has 96 valence electrons. The van der Waals surface area contributed by atoms with E-state index >= 15 is 0 Å². The van der Waals surface area contributed by atoms with Gasteiger partial charge in [0.2, 0.25) is 0 Å². The Balaban J connectivity index is 2.20. The summed E-state index contributed by atoms with van der Waals surface area (Å²) in [5, 5.41) is 10.0. The van der Waals surface area contributed by atoms with E-state index in [1.165, 1.54) is 24.7 Å². The number of nitrogens with zero attached hydrogens (tertiary/aromatic N) is 3. The Morgan fingerprint density at radius 2 is 2.22 bits per heavy atom. The number of anilines is 1. The minimum atomic E-state index is -3.68. The molecule has 18 heavy (non-hydrogen) atoms. The maximum atomic E-state index is 12.0. The van der Waals surface area contributed by atoms with Crippen molar-refractivity contribution in [3.63, 3.8) is 0 Å². The molecule has 2 heterocycles. The molecule has 2 aromatic heterocycles. The van der Waals surface area contributed by atoms with E-state index in [9.17, 15) is 8.42 Å². The molecule has 0 radical (unpaired) electrons. The molecule has 8 nitrogen and oxygen atoms in total. The molecular weight excluding hydrogens is 256 g/mol. The Kier molecular flexibility index (Phi) is 3.53. The van der Waals surface area contributed by atoms with Gasteiger partial charge in [-0.1, -0.05) is 0 Å². The van der Waals surface area contributed by atoms with Crippen LogP contribution in [0.1, 0.15) is 5.69 Å². The van der Waals surface area contributed by atoms with Crippen LogP contribution in [0, 0.1) is 0 Å². The Morgan fingerprint density at radius 1 is 1.39 bits per heavy atom. The van der Waals surface area contributed by atoms with Gasteiger partial charge in [-0.2, -0.15) is 5.10 Å². The van der Waals surface area contributed by atoms with E-state index < -0.39 is 10.0 Å². The third-order valence-corrected chi connectivity index (χ3v) is 3.41. The summed E-state index contributed by atoms with van der Waals surface area (Å²) >= 11 is 0. The molecule has 2 aromatic rings. The zero-order valence-electron chi connectivity index (χ0n) is 9.58. The molecule has 0 amide bonds. The van der Waals surface area contributed by atoms with Crippen LogP contribution >= 0.6 is 0 Å². The lowest BCUT2D eigenvalue weighted by molar-refractivity contribution is 0.600. The van der Waals surface area contributed by atoms with E-state index in [1.54, 1.807) is 7.05 Å². The van der Waals surface area contributed by atoms with Gasteiger partial charge in [-0.3, -0.25) is 0 Å². The van der Waals surface area contributed by atoms with Crippen molar-refractivity contribution in [1.82, 2.24) is 25.5 Å². The average molecular weight is 268 g/mol. The number of hydrogen-bond donors (Lipinski definition) is 3. The number of rotatable bonds is 5. The smallest absolute Gasteiger partial charge is 0.265 e. The third kappa shape index (κ3) is 2.81. The molecule has 0 aliphatic rings. The van der Waals surface area contributed by atoms with Crippen molar-refractivity contribution in [3.05, 3.63) is 30.4 Å². The van der Waals surface area contributed by atoms with E-state index in [4.69, 9.17) is 0 Å². The summed E-state index contributed by atoms with van der Waals surface area (Å²) in [6.07, 6.45) is 4.12. The van der Waals surface area contributed by atoms with E-state index in [1.807, 2.05) is 0 Å². The van der Waals surface area contributed by atoms with Crippen LogP contribution in [0.3, 0.4) is 0 Å². The second-order valence-corrected chi connectivity index (χ2v) is 5.15. The van der Waals surface area contributed by atoms with E-state index in [2.05, 4.69) is 30.2 Å². The maximum Gasteiger partial charge on any atom is 0.265 e. The van der Waals surface area contributed by atoms with Gasteiger partial charge in [0.1, 0.15) is 4.90 Å². The monoisotopic (exact) mass is 268 g/mol. The summed E-state index contributed by atoms with van der Waals surface area (Å²) in [7, 11) is -1.91. The highest BCUT2D eigenvalue weighted by molar-refractivity contribution is 7.92. The van der Waals surface area contributed by atoms with Gasteiger partial charge in [-0.25, -0.2) is 18.1 Å². The minimum absolute atomic E-state index is 0.0612. The second-order valence-electron chi connectivity index (χ2n) is 3.46. The first-order valence-electron chi connectivity index (χ1n) is 5.10. The van der Waals surface area contributed by atoms with Crippen LogP contribution in [0.15, 0.2) is 29.6 Å². The first kappa shape index (κ1) is 12.5. The van der Waals surface area contributed by atoms with Gasteiger partial charge in [-0.05, 0) is 13.1 Å². The summed E-state index contributed by atoms with van der Waals surface area (Å²) in [5.74, 6) is -0.0612. The molecule has 0 unspecified atom stereocenters. The minimum Gasteiger partial charge on any atom is -0.363 e. The van der Waals surface area contributed by atoms with E-state index in [0.717, 1.165) is 5.69 Å². The fourth-order valence-electron chi connectivity index (χ4n) is 1.34. The van der Waals surface area contributed by atoms with Gasteiger partial charge in [-0.15, -0.1) is 5.10 Å². The van der Waals surface area contributed by atoms with Crippen molar-refractivity contribution in [2.24, 2.45) is 0 Å². The van der Waals surface area contributed by atoms with Crippen LogP contribution in [0.4, 0.5) is 5.95 Å². The number of aromatic amines is 1. The van der Waals surface area contributed by atoms with Gasteiger partial charge in [0.25, 0.3) is 16.0 Å². The van der Waals surface area contributed by atoms with Crippen molar-refractivity contribution in [3.8, 4) is 0 Å². The summed E-state index contributed by atoms with van der Waals surface area (Å²) in [5.41, 5.74) is 0.769. The highest BCUT2D eigenvalue weighted by atomic mass is 32.2. The summed E-state index contributed by atoms with van der Waals surface area (Å²) in [4.78, 5) is 6.73. The molecular formula is C9H12N6O2S. The van der Waals surface area contributed by atoms with Crippen LogP contribution in [0.2, 0.25) is 0 Å². The van der Waals surface area contributed by atoms with Crippen LogP contribution in [0.25, 0.3) is 0 Å². The SMILES string of the molecule is CNCc1cc(S(=O)(=O)Nc2nccnn2)c[nH]1. The fourth-order valence-corrected chi connectivity index (χ4v) is 2.30. The lowest BCUT2D eigenvalue weighted by Gasteiger charge is -2.02. The van der Waals surface area contributed by atoms with Crippen LogP contribution < -0.4 is 10.0 Å². The normalized spacial score (nSPS) is 11.4. The van der Waals surface area contributed by atoms with E-state index in [-0.39, 0.29) is 10.8 Å². The molecule has 0 saturated carbocycles. The molecule has 0 saturated heterocycles. The molecule has 0 spiro atoms. The van der Waals surface area contributed by atoms with Gasteiger partial charge in [0.05, 0.1) is 12.4 Å². The number of hydrogen-bond acceptors (Lipinski definition) is 6. The Morgan fingerprint density at radius 3 is 2.89 bits per heavy atom. The molecule has 0 aromatic carbocycles. The molecule has 0 aliphatic carbocycles. The lowest BCUT2D eigenvalue weighted by Crippen LogP contribution is -2.14. The summed E-state index contributed by atoms with van der Waals surface area (Å²) in [6, 6.07) is 1.54. The first-order valence-corrected chi connectivity index (χ1v) is 6.58. The second kappa shape index (κ2) is 5.10. The molecule has 0 bridgehead atoms. The Hall–Kier alpha value is -2.00. The van der Waals surface area contributed by atoms with Crippen molar-refractivity contribution >= 4 is 16.0 Å². The maximum absolute atomic E-state index is 12.0. The molecule has 0 fully saturated rings. The number of sulfonamides is 1. The van der Waals surface area contributed by atoms with Crippen LogP contribution in [-0.2, 0) is 16.6 Å². The number of nitrogens with one attached hydrogen (secondary N) is 3. The lowest BCUT2D eigenvalue weighted by atomic mass is 10.4. The quantitative estimate of drug-likeness (QED) is 0.687. The predicted molar refractivity (Wildman–Crippen MR) is 64.2 cm³/mol. The van der Waals surface area contributed by atoms with Gasteiger partial charge >= 0.3 is 0 Å². The van der Waals surface area contributed by atoms with Crippen molar-refractivity contribution in [1.29, 1.82) is 0 Å². The Bertz CT molecular complexity index is 609. The fraction of sp³-hybridized carbons (Fsp3) is 0.222. The molecule has 9 heteroatoms. The first-order chi connectivity index (χ1) is 8.62. The van der Waals surface area contributed by atoms with Gasteiger partial charge in [0, 0.05) is 18.4 Å². The number of aromatic nitrogens is 4.